The minimum absolute atomic E-state index is 0.0609. The molecule has 0 saturated carbocycles. The van der Waals surface area contributed by atoms with Crippen LogP contribution in [0.2, 0.25) is 0 Å². The summed E-state index contributed by atoms with van der Waals surface area (Å²) in [5.74, 6) is 1.18. The molecule has 0 aliphatic heterocycles. The number of nitrogens with two attached hydrogens (primary N) is 1. The second kappa shape index (κ2) is 6.75. The second-order valence-corrected chi connectivity index (χ2v) is 3.42. The van der Waals surface area contributed by atoms with E-state index in [-0.39, 0.29) is 5.91 Å². The summed E-state index contributed by atoms with van der Waals surface area (Å²) in [4.78, 5) is 11.1. The van der Waals surface area contributed by atoms with Gasteiger partial charge in [0.15, 0.2) is 11.5 Å². The third kappa shape index (κ3) is 3.64. The number of para-hydroxylation sites is 1. The van der Waals surface area contributed by atoms with Gasteiger partial charge in [0, 0.05) is 19.2 Å². The summed E-state index contributed by atoms with van der Waals surface area (Å²) in [5, 5.41) is 2.53. The fourth-order valence-electron chi connectivity index (χ4n) is 1.42. The molecular formula is C12H18N2O3. The molecule has 0 aliphatic rings. The summed E-state index contributed by atoms with van der Waals surface area (Å²) in [6.45, 7) is 0.666. The first kappa shape index (κ1) is 13.3. The molecule has 0 aromatic heterocycles. The Morgan fingerprint density at radius 2 is 2.24 bits per heavy atom. The van der Waals surface area contributed by atoms with E-state index in [0.29, 0.717) is 31.1 Å². The molecule has 0 saturated heterocycles. The van der Waals surface area contributed by atoms with Crippen molar-refractivity contribution >= 4 is 5.91 Å². The van der Waals surface area contributed by atoms with Crippen molar-refractivity contribution in [2.75, 3.05) is 20.8 Å². The molecule has 1 amide bonds. The van der Waals surface area contributed by atoms with Gasteiger partial charge in [-0.15, -0.1) is 0 Å². The molecule has 94 valence electrons. The zero-order chi connectivity index (χ0) is 12.7. The number of carbonyl (C=O) groups is 1. The predicted octanol–water partition coefficient (Wildman–Crippen LogP) is 0.669. The average Bonchev–Trinajstić information content (AvgIpc) is 2.38. The van der Waals surface area contributed by atoms with Gasteiger partial charge in [0.25, 0.3) is 0 Å². The van der Waals surface area contributed by atoms with Crippen LogP contribution < -0.4 is 20.5 Å². The van der Waals surface area contributed by atoms with E-state index >= 15 is 0 Å². The Kier molecular flexibility index (Phi) is 5.29. The van der Waals surface area contributed by atoms with Gasteiger partial charge in [-0.2, -0.15) is 0 Å². The zero-order valence-corrected chi connectivity index (χ0v) is 10.2. The Labute approximate surface area is 101 Å². The molecule has 1 aromatic carbocycles. The average molecular weight is 238 g/mol. The molecule has 0 heterocycles. The van der Waals surface area contributed by atoms with E-state index < -0.39 is 0 Å². The Morgan fingerprint density at radius 1 is 1.47 bits per heavy atom. The number of ether oxygens (including phenoxy) is 2. The van der Waals surface area contributed by atoms with Crippen molar-refractivity contribution in [1.29, 1.82) is 0 Å². The summed E-state index contributed by atoms with van der Waals surface area (Å²) < 4.78 is 10.7. The number of nitrogens with one attached hydrogen (secondary N) is 1. The van der Waals surface area contributed by atoms with Crippen LogP contribution in [0.15, 0.2) is 18.2 Å². The van der Waals surface area contributed by atoms with Crippen molar-refractivity contribution in [3.8, 4) is 11.5 Å². The van der Waals surface area contributed by atoms with Crippen molar-refractivity contribution in [1.82, 2.24) is 5.32 Å². The first-order chi connectivity index (χ1) is 8.22. The molecule has 0 bridgehead atoms. The molecule has 0 unspecified atom stereocenters. The molecule has 3 N–H and O–H groups in total. The maximum atomic E-state index is 11.1. The summed E-state index contributed by atoms with van der Waals surface area (Å²) >= 11 is 0. The molecule has 5 nitrogen and oxygen atoms in total. The number of amides is 1. The predicted molar refractivity (Wildman–Crippen MR) is 65.1 cm³/mol. The fourth-order valence-corrected chi connectivity index (χ4v) is 1.42. The van der Waals surface area contributed by atoms with E-state index in [9.17, 15) is 4.79 Å². The standard InChI is InChI=1S/C12H18N2O3/c1-14-11(15)6-7-17-12-9(8-13)4-3-5-10(12)16-2/h3-5H,6-8,13H2,1-2H3,(H,14,15). The van der Waals surface area contributed by atoms with Gasteiger partial charge in [0.2, 0.25) is 5.91 Å². The van der Waals surface area contributed by atoms with Crippen LogP contribution >= 0.6 is 0 Å². The topological polar surface area (TPSA) is 73.6 Å². The number of hydrogen-bond acceptors (Lipinski definition) is 4. The van der Waals surface area contributed by atoms with Crippen LogP contribution in [0.3, 0.4) is 0 Å². The maximum Gasteiger partial charge on any atom is 0.223 e. The smallest absolute Gasteiger partial charge is 0.223 e. The summed E-state index contributed by atoms with van der Waals surface area (Å²) in [7, 11) is 3.16. The van der Waals surface area contributed by atoms with Gasteiger partial charge in [-0.25, -0.2) is 0 Å². The van der Waals surface area contributed by atoms with Gasteiger partial charge < -0.3 is 20.5 Å². The second-order valence-electron chi connectivity index (χ2n) is 3.42. The van der Waals surface area contributed by atoms with Gasteiger partial charge in [-0.05, 0) is 6.07 Å². The maximum absolute atomic E-state index is 11.1. The largest absolute Gasteiger partial charge is 0.493 e. The highest BCUT2D eigenvalue weighted by Crippen LogP contribution is 2.30. The number of methoxy groups -OCH3 is 1. The van der Waals surface area contributed by atoms with E-state index in [4.69, 9.17) is 15.2 Å². The Hall–Kier alpha value is -1.75. The van der Waals surface area contributed by atoms with Crippen molar-refractivity contribution < 1.29 is 14.3 Å². The monoisotopic (exact) mass is 238 g/mol. The van der Waals surface area contributed by atoms with Crippen LogP contribution in [-0.2, 0) is 11.3 Å². The van der Waals surface area contributed by atoms with Crippen molar-refractivity contribution in [2.24, 2.45) is 5.73 Å². The quantitative estimate of drug-likeness (QED) is 0.764. The van der Waals surface area contributed by atoms with Gasteiger partial charge in [0.1, 0.15) is 0 Å². The third-order valence-electron chi connectivity index (χ3n) is 2.35. The molecule has 17 heavy (non-hydrogen) atoms. The molecule has 0 spiro atoms. The minimum Gasteiger partial charge on any atom is -0.493 e. The van der Waals surface area contributed by atoms with Gasteiger partial charge in [-0.3, -0.25) is 4.79 Å². The van der Waals surface area contributed by atoms with E-state index in [1.165, 1.54) is 0 Å². The molecule has 0 aliphatic carbocycles. The van der Waals surface area contributed by atoms with E-state index in [1.807, 2.05) is 12.1 Å². The minimum atomic E-state index is -0.0609. The van der Waals surface area contributed by atoms with Crippen LogP contribution in [-0.4, -0.2) is 26.7 Å². The number of carbonyl (C=O) groups excluding carboxylic acids is 1. The van der Waals surface area contributed by atoms with Gasteiger partial charge >= 0.3 is 0 Å². The zero-order valence-electron chi connectivity index (χ0n) is 10.2. The highest BCUT2D eigenvalue weighted by molar-refractivity contribution is 5.75. The van der Waals surface area contributed by atoms with Crippen molar-refractivity contribution in [3.05, 3.63) is 23.8 Å². The summed E-state index contributed by atoms with van der Waals surface area (Å²) in [6, 6.07) is 5.53. The van der Waals surface area contributed by atoms with Crippen LogP contribution in [0.25, 0.3) is 0 Å². The lowest BCUT2D eigenvalue weighted by Crippen LogP contribution is -2.20. The number of benzene rings is 1. The Bertz CT molecular complexity index is 358. The van der Waals surface area contributed by atoms with Crippen LogP contribution in [0, 0.1) is 0 Å². The summed E-state index contributed by atoms with van der Waals surface area (Å²) in [6.07, 6.45) is 0.304. The molecule has 1 aromatic rings. The SMILES string of the molecule is CNC(=O)CCOc1c(CN)cccc1OC. The molecule has 0 radical (unpaired) electrons. The van der Waals surface area contributed by atoms with Crippen LogP contribution in [0.5, 0.6) is 11.5 Å². The normalized spacial score (nSPS) is 9.82. The van der Waals surface area contributed by atoms with Crippen LogP contribution in [0.4, 0.5) is 0 Å². The molecule has 1 rings (SSSR count). The Morgan fingerprint density at radius 3 is 2.82 bits per heavy atom. The molecular weight excluding hydrogens is 220 g/mol. The first-order valence-corrected chi connectivity index (χ1v) is 5.42. The number of rotatable bonds is 6. The van der Waals surface area contributed by atoms with Gasteiger partial charge in [-0.1, -0.05) is 12.1 Å². The summed E-state index contributed by atoms with van der Waals surface area (Å²) in [5.41, 5.74) is 6.48. The van der Waals surface area contributed by atoms with Crippen LogP contribution in [0.1, 0.15) is 12.0 Å². The van der Waals surface area contributed by atoms with E-state index in [0.717, 1.165) is 5.56 Å². The lowest BCUT2D eigenvalue weighted by atomic mass is 10.2. The molecule has 5 heteroatoms. The number of hydrogen-bond donors (Lipinski definition) is 2. The highest BCUT2D eigenvalue weighted by atomic mass is 16.5. The van der Waals surface area contributed by atoms with Crippen molar-refractivity contribution in [2.45, 2.75) is 13.0 Å². The highest BCUT2D eigenvalue weighted by Gasteiger charge is 2.09. The molecule has 0 fully saturated rings. The lowest BCUT2D eigenvalue weighted by molar-refractivity contribution is -0.121. The fraction of sp³-hybridized carbons (Fsp3) is 0.417. The molecule has 0 atom stereocenters. The van der Waals surface area contributed by atoms with Gasteiger partial charge in [0.05, 0.1) is 20.1 Å². The first-order valence-electron chi connectivity index (χ1n) is 5.42. The Balaban J connectivity index is 2.71. The van der Waals surface area contributed by atoms with E-state index in [1.54, 1.807) is 20.2 Å². The lowest BCUT2D eigenvalue weighted by Gasteiger charge is -2.13. The van der Waals surface area contributed by atoms with E-state index in [2.05, 4.69) is 5.32 Å². The van der Waals surface area contributed by atoms with Crippen molar-refractivity contribution in [3.63, 3.8) is 0 Å². The third-order valence-corrected chi connectivity index (χ3v) is 2.35.